The molecule has 16 heavy (non-hydrogen) atoms. The van der Waals surface area contributed by atoms with Gasteiger partial charge in [-0.2, -0.15) is 13.2 Å². The molecule has 0 unspecified atom stereocenters. The third-order valence-corrected chi connectivity index (χ3v) is 2.63. The Morgan fingerprint density at radius 3 is 2.25 bits per heavy atom. The van der Waals surface area contributed by atoms with Crippen molar-refractivity contribution in [3.63, 3.8) is 0 Å². The third kappa shape index (κ3) is 3.10. The molecular weight excluding hydrogens is 221 g/mol. The number of rotatable bonds is 1. The van der Waals surface area contributed by atoms with E-state index in [0.29, 0.717) is 0 Å². The van der Waals surface area contributed by atoms with Gasteiger partial charge in [-0.15, -0.1) is 0 Å². The van der Waals surface area contributed by atoms with E-state index in [2.05, 4.69) is 10.6 Å². The normalized spacial score (nSPS) is 26.9. The zero-order chi connectivity index (χ0) is 12.6. The largest absolute Gasteiger partial charge is 0.395 e. The summed E-state index contributed by atoms with van der Waals surface area (Å²) in [4.78, 5) is 11.6. The standard InChI is InChI=1S/C10H17F3N2O/c1-9(2,3)8(16)15-7-5-14-4-6(7)10(11,12)13/h6-7,14H,4-5H2,1-3H3,(H,15,16)/t6-,7-/m1/s1. The molecule has 1 saturated heterocycles. The molecule has 6 heteroatoms. The van der Waals surface area contributed by atoms with E-state index in [4.69, 9.17) is 0 Å². The highest BCUT2D eigenvalue weighted by Crippen LogP contribution is 2.31. The molecular formula is C10H17F3N2O. The van der Waals surface area contributed by atoms with Crippen LogP contribution in [0.1, 0.15) is 20.8 Å². The van der Waals surface area contributed by atoms with Crippen LogP contribution in [0.3, 0.4) is 0 Å². The molecule has 2 atom stereocenters. The summed E-state index contributed by atoms with van der Waals surface area (Å²) in [5.74, 6) is -1.84. The smallest absolute Gasteiger partial charge is 0.351 e. The van der Waals surface area contributed by atoms with Crippen LogP contribution in [0.15, 0.2) is 0 Å². The Balaban J connectivity index is 2.64. The predicted octanol–water partition coefficient (Wildman–Crippen LogP) is 1.30. The maximum atomic E-state index is 12.6. The molecule has 0 aromatic carbocycles. The highest BCUT2D eigenvalue weighted by Gasteiger charge is 2.48. The lowest BCUT2D eigenvalue weighted by Crippen LogP contribution is -2.48. The number of hydrogen-bond donors (Lipinski definition) is 2. The fourth-order valence-corrected chi connectivity index (χ4v) is 1.56. The summed E-state index contributed by atoms with van der Waals surface area (Å²) < 4.78 is 37.7. The van der Waals surface area contributed by atoms with Crippen LogP contribution in [0, 0.1) is 11.3 Å². The molecule has 1 rings (SSSR count). The van der Waals surface area contributed by atoms with Gasteiger partial charge >= 0.3 is 6.18 Å². The van der Waals surface area contributed by atoms with Crippen molar-refractivity contribution in [3.8, 4) is 0 Å². The Morgan fingerprint density at radius 2 is 1.81 bits per heavy atom. The molecule has 1 fully saturated rings. The molecule has 1 heterocycles. The van der Waals surface area contributed by atoms with Gasteiger partial charge in [-0.25, -0.2) is 0 Å². The van der Waals surface area contributed by atoms with Gasteiger partial charge in [-0.3, -0.25) is 4.79 Å². The predicted molar refractivity (Wildman–Crippen MR) is 53.8 cm³/mol. The van der Waals surface area contributed by atoms with Crippen molar-refractivity contribution in [1.29, 1.82) is 0 Å². The Bertz CT molecular complexity index is 270. The topological polar surface area (TPSA) is 41.1 Å². The van der Waals surface area contributed by atoms with E-state index in [1.165, 1.54) is 0 Å². The fourth-order valence-electron chi connectivity index (χ4n) is 1.56. The first-order valence-electron chi connectivity index (χ1n) is 5.21. The van der Waals surface area contributed by atoms with E-state index in [-0.39, 0.29) is 19.0 Å². The molecule has 1 aliphatic rings. The van der Waals surface area contributed by atoms with Crippen molar-refractivity contribution in [2.75, 3.05) is 13.1 Å². The number of hydrogen-bond acceptors (Lipinski definition) is 2. The van der Waals surface area contributed by atoms with Crippen LogP contribution in [0.2, 0.25) is 0 Å². The average Bonchev–Trinajstić information content (AvgIpc) is 2.49. The number of alkyl halides is 3. The minimum absolute atomic E-state index is 0.126. The molecule has 2 N–H and O–H groups in total. The van der Waals surface area contributed by atoms with Crippen LogP contribution in [-0.4, -0.2) is 31.2 Å². The molecule has 0 aromatic rings. The first kappa shape index (κ1) is 13.3. The Hall–Kier alpha value is -0.780. The van der Waals surface area contributed by atoms with E-state index >= 15 is 0 Å². The van der Waals surface area contributed by atoms with Crippen molar-refractivity contribution in [2.45, 2.75) is 33.0 Å². The summed E-state index contributed by atoms with van der Waals surface area (Å²) in [7, 11) is 0. The lowest BCUT2D eigenvalue weighted by molar-refractivity contribution is -0.174. The quantitative estimate of drug-likeness (QED) is 0.723. The Morgan fingerprint density at radius 1 is 1.25 bits per heavy atom. The molecule has 0 radical (unpaired) electrons. The number of carbonyl (C=O) groups excluding carboxylic acids is 1. The molecule has 0 saturated carbocycles. The van der Waals surface area contributed by atoms with Gasteiger partial charge in [0.25, 0.3) is 0 Å². The lowest BCUT2D eigenvalue weighted by atomic mass is 9.94. The minimum atomic E-state index is -4.26. The molecule has 1 amide bonds. The van der Waals surface area contributed by atoms with Crippen molar-refractivity contribution < 1.29 is 18.0 Å². The summed E-state index contributed by atoms with van der Waals surface area (Å²) in [6.07, 6.45) is -4.26. The van der Waals surface area contributed by atoms with Gasteiger partial charge in [0.15, 0.2) is 0 Å². The van der Waals surface area contributed by atoms with Gasteiger partial charge in [0.2, 0.25) is 5.91 Å². The summed E-state index contributed by atoms with van der Waals surface area (Å²) in [6, 6.07) is -0.855. The van der Waals surface area contributed by atoms with Gasteiger partial charge in [0.05, 0.1) is 12.0 Å². The van der Waals surface area contributed by atoms with E-state index in [9.17, 15) is 18.0 Å². The second kappa shape index (κ2) is 4.24. The van der Waals surface area contributed by atoms with Gasteiger partial charge in [0, 0.05) is 18.5 Å². The van der Waals surface area contributed by atoms with Gasteiger partial charge in [-0.05, 0) is 0 Å². The number of halogens is 3. The summed E-state index contributed by atoms with van der Waals surface area (Å²) in [6.45, 7) is 5.07. The summed E-state index contributed by atoms with van der Waals surface area (Å²) in [5.41, 5.74) is -0.668. The van der Waals surface area contributed by atoms with Crippen LogP contribution in [0.4, 0.5) is 13.2 Å². The molecule has 0 aliphatic carbocycles. The van der Waals surface area contributed by atoms with Crippen LogP contribution >= 0.6 is 0 Å². The fraction of sp³-hybridized carbons (Fsp3) is 0.900. The molecule has 94 valence electrons. The second-order valence-corrected chi connectivity index (χ2v) is 5.14. The minimum Gasteiger partial charge on any atom is -0.351 e. The molecule has 0 bridgehead atoms. The molecule has 0 spiro atoms. The first-order valence-corrected chi connectivity index (χ1v) is 5.21. The van der Waals surface area contributed by atoms with E-state index in [1.54, 1.807) is 20.8 Å². The highest BCUT2D eigenvalue weighted by molar-refractivity contribution is 5.81. The van der Waals surface area contributed by atoms with E-state index in [0.717, 1.165) is 0 Å². The molecule has 1 aliphatic heterocycles. The first-order chi connectivity index (χ1) is 7.12. The van der Waals surface area contributed by atoms with E-state index in [1.807, 2.05) is 0 Å². The number of carbonyl (C=O) groups is 1. The lowest BCUT2D eigenvalue weighted by Gasteiger charge is -2.26. The van der Waals surface area contributed by atoms with Gasteiger partial charge in [-0.1, -0.05) is 20.8 Å². The maximum absolute atomic E-state index is 12.6. The summed E-state index contributed by atoms with van der Waals surface area (Å²) >= 11 is 0. The summed E-state index contributed by atoms with van der Waals surface area (Å²) in [5, 5.41) is 5.11. The van der Waals surface area contributed by atoms with Crippen LogP contribution in [0.5, 0.6) is 0 Å². The van der Waals surface area contributed by atoms with Crippen LogP contribution in [0.25, 0.3) is 0 Å². The number of nitrogens with one attached hydrogen (secondary N) is 2. The highest BCUT2D eigenvalue weighted by atomic mass is 19.4. The monoisotopic (exact) mass is 238 g/mol. The third-order valence-electron chi connectivity index (χ3n) is 2.63. The van der Waals surface area contributed by atoms with E-state index < -0.39 is 23.6 Å². The van der Waals surface area contributed by atoms with Gasteiger partial charge in [0.1, 0.15) is 0 Å². The zero-order valence-electron chi connectivity index (χ0n) is 9.61. The molecule has 3 nitrogen and oxygen atoms in total. The number of amides is 1. The maximum Gasteiger partial charge on any atom is 0.395 e. The van der Waals surface area contributed by atoms with Crippen LogP contribution < -0.4 is 10.6 Å². The average molecular weight is 238 g/mol. The zero-order valence-corrected chi connectivity index (χ0v) is 9.61. The molecule has 0 aromatic heterocycles. The Labute approximate surface area is 92.8 Å². The van der Waals surface area contributed by atoms with Crippen LogP contribution in [-0.2, 0) is 4.79 Å². The van der Waals surface area contributed by atoms with Crippen molar-refractivity contribution in [1.82, 2.24) is 10.6 Å². The SMILES string of the molecule is CC(C)(C)C(=O)N[C@@H]1CNC[C@H]1C(F)(F)F. The van der Waals surface area contributed by atoms with Gasteiger partial charge < -0.3 is 10.6 Å². The second-order valence-electron chi connectivity index (χ2n) is 5.14. The van der Waals surface area contributed by atoms with Crippen molar-refractivity contribution >= 4 is 5.91 Å². The van der Waals surface area contributed by atoms with Crippen molar-refractivity contribution in [2.24, 2.45) is 11.3 Å². The van der Waals surface area contributed by atoms with Crippen molar-refractivity contribution in [3.05, 3.63) is 0 Å². The Kier molecular flexibility index (Phi) is 3.52.